The number of alkyl halides is 3. The molecule has 0 atom stereocenters. The van der Waals surface area contributed by atoms with Crippen LogP contribution in [-0.4, -0.2) is 46.8 Å². The van der Waals surface area contributed by atoms with Crippen LogP contribution in [0, 0.1) is 5.82 Å². The molecule has 2 amide bonds. The largest absolute Gasteiger partial charge is 0.573 e. The summed E-state index contributed by atoms with van der Waals surface area (Å²) in [4.78, 5) is 29.8. The van der Waals surface area contributed by atoms with Gasteiger partial charge in [-0.3, -0.25) is 9.59 Å². The lowest BCUT2D eigenvalue weighted by Crippen LogP contribution is -2.34. The molecule has 12 heteroatoms. The third-order valence-corrected chi connectivity index (χ3v) is 4.53. The molecule has 0 saturated carbocycles. The first kappa shape index (κ1) is 24.7. The van der Waals surface area contributed by atoms with Crippen LogP contribution in [0.2, 0.25) is 0 Å². The van der Waals surface area contributed by atoms with Crippen molar-refractivity contribution >= 4 is 17.5 Å². The lowest BCUT2D eigenvalue weighted by molar-refractivity contribution is -0.274. The summed E-state index contributed by atoms with van der Waals surface area (Å²) in [6, 6.07) is 10.3. The maximum absolute atomic E-state index is 13.0. The minimum absolute atomic E-state index is 0.127. The molecule has 0 unspecified atom stereocenters. The van der Waals surface area contributed by atoms with Gasteiger partial charge in [-0.25, -0.2) is 4.39 Å². The van der Waals surface area contributed by atoms with Crippen LogP contribution in [0.1, 0.15) is 18.7 Å². The van der Waals surface area contributed by atoms with Crippen molar-refractivity contribution in [2.24, 2.45) is 0 Å². The first-order chi connectivity index (χ1) is 16.1. The van der Waals surface area contributed by atoms with Crippen LogP contribution in [0.3, 0.4) is 0 Å². The Morgan fingerprint density at radius 2 is 1.76 bits per heavy atom. The number of hydrogen-bond donors (Lipinski definition) is 1. The molecule has 0 aliphatic carbocycles. The second-order valence-corrected chi connectivity index (χ2v) is 7.24. The van der Waals surface area contributed by atoms with Crippen LogP contribution in [0.5, 0.6) is 5.75 Å². The van der Waals surface area contributed by atoms with E-state index in [4.69, 9.17) is 4.52 Å². The maximum Gasteiger partial charge on any atom is 0.573 e. The highest BCUT2D eigenvalue weighted by molar-refractivity contribution is 5.94. The van der Waals surface area contributed by atoms with Gasteiger partial charge >= 0.3 is 6.36 Å². The van der Waals surface area contributed by atoms with Crippen LogP contribution in [0.15, 0.2) is 53.1 Å². The van der Waals surface area contributed by atoms with Gasteiger partial charge in [0.15, 0.2) is 0 Å². The summed E-state index contributed by atoms with van der Waals surface area (Å²) >= 11 is 0. The van der Waals surface area contributed by atoms with Gasteiger partial charge in [-0.2, -0.15) is 4.98 Å². The molecule has 8 nitrogen and oxygen atoms in total. The van der Waals surface area contributed by atoms with Gasteiger partial charge < -0.3 is 19.5 Å². The standard InChI is InChI=1S/C22H20F4N4O4/c1-30(13-18(31)27-16-9-11-17(12-10-16)33-22(24,25)26)20(32)4-2-3-19-28-21(29-34-19)14-5-7-15(23)8-6-14/h5-12H,2-4,13H2,1H3,(H,27,31). The van der Waals surface area contributed by atoms with Crippen LogP contribution in [0.25, 0.3) is 11.4 Å². The molecule has 3 rings (SSSR count). The molecule has 180 valence electrons. The Kier molecular flexibility index (Phi) is 7.82. The zero-order valence-corrected chi connectivity index (χ0v) is 17.9. The van der Waals surface area contributed by atoms with Crippen LogP contribution < -0.4 is 10.1 Å². The Labute approximate surface area is 191 Å². The molecule has 0 spiro atoms. The van der Waals surface area contributed by atoms with Gasteiger partial charge in [-0.05, 0) is 55.0 Å². The quantitative estimate of drug-likeness (QED) is 0.461. The van der Waals surface area contributed by atoms with E-state index in [1.54, 1.807) is 0 Å². The van der Waals surface area contributed by atoms with Crippen molar-refractivity contribution in [3.63, 3.8) is 0 Å². The SMILES string of the molecule is CN(CC(=O)Nc1ccc(OC(F)(F)F)cc1)C(=O)CCCc1nc(-c2ccc(F)cc2)no1. The van der Waals surface area contributed by atoms with Crippen molar-refractivity contribution in [3.05, 3.63) is 60.2 Å². The van der Waals surface area contributed by atoms with E-state index in [-0.39, 0.29) is 30.4 Å². The molecule has 0 aliphatic rings. The molecular formula is C22H20F4N4O4. The van der Waals surface area contributed by atoms with E-state index < -0.39 is 18.0 Å². The summed E-state index contributed by atoms with van der Waals surface area (Å²) in [6.07, 6.45) is -3.94. The number of carbonyl (C=O) groups excluding carboxylic acids is 2. The lowest BCUT2D eigenvalue weighted by atomic mass is 10.2. The predicted octanol–water partition coefficient (Wildman–Crippen LogP) is 4.19. The third-order valence-electron chi connectivity index (χ3n) is 4.53. The number of amides is 2. The minimum atomic E-state index is -4.80. The third kappa shape index (κ3) is 7.57. The molecule has 0 bridgehead atoms. The fraction of sp³-hybridized carbons (Fsp3) is 0.273. The van der Waals surface area contributed by atoms with Gasteiger partial charge in [-0.15, -0.1) is 13.2 Å². The van der Waals surface area contributed by atoms with E-state index in [0.29, 0.717) is 30.1 Å². The van der Waals surface area contributed by atoms with Gasteiger partial charge in [0.1, 0.15) is 11.6 Å². The number of ether oxygens (including phenoxy) is 1. The normalized spacial score (nSPS) is 11.2. The average Bonchev–Trinajstić information content (AvgIpc) is 3.23. The first-order valence-electron chi connectivity index (χ1n) is 10.1. The Morgan fingerprint density at radius 1 is 1.09 bits per heavy atom. The monoisotopic (exact) mass is 480 g/mol. The van der Waals surface area contributed by atoms with E-state index >= 15 is 0 Å². The zero-order chi connectivity index (χ0) is 24.7. The molecule has 0 fully saturated rings. The molecule has 1 N–H and O–H groups in total. The highest BCUT2D eigenvalue weighted by Crippen LogP contribution is 2.24. The fourth-order valence-corrected chi connectivity index (χ4v) is 2.90. The molecule has 0 saturated heterocycles. The molecular weight excluding hydrogens is 460 g/mol. The van der Waals surface area contributed by atoms with Crippen molar-refractivity contribution in [3.8, 4) is 17.1 Å². The van der Waals surface area contributed by atoms with Crippen molar-refractivity contribution in [2.75, 3.05) is 18.9 Å². The van der Waals surface area contributed by atoms with E-state index in [2.05, 4.69) is 20.2 Å². The number of anilines is 1. The van der Waals surface area contributed by atoms with Crippen LogP contribution in [-0.2, 0) is 16.0 Å². The van der Waals surface area contributed by atoms with Gasteiger partial charge in [0.05, 0.1) is 6.54 Å². The van der Waals surface area contributed by atoms with Crippen molar-refractivity contribution in [1.82, 2.24) is 15.0 Å². The maximum atomic E-state index is 13.0. The van der Waals surface area contributed by atoms with E-state index in [1.165, 1.54) is 48.3 Å². The second kappa shape index (κ2) is 10.8. The van der Waals surface area contributed by atoms with Crippen LogP contribution in [0.4, 0.5) is 23.2 Å². The number of aromatic nitrogens is 2. The second-order valence-electron chi connectivity index (χ2n) is 7.24. The molecule has 0 aliphatic heterocycles. The number of halogens is 4. The van der Waals surface area contributed by atoms with Gasteiger partial charge in [-0.1, -0.05) is 5.16 Å². The Balaban J connectivity index is 1.41. The summed E-state index contributed by atoms with van der Waals surface area (Å²) < 4.78 is 58.5. The molecule has 1 heterocycles. The van der Waals surface area contributed by atoms with Crippen molar-refractivity contribution < 1.29 is 36.4 Å². The number of nitrogens with one attached hydrogen (secondary N) is 1. The van der Waals surface area contributed by atoms with Crippen LogP contribution >= 0.6 is 0 Å². The molecule has 1 aromatic heterocycles. The first-order valence-corrected chi connectivity index (χ1v) is 10.1. The number of hydrogen-bond acceptors (Lipinski definition) is 6. The number of rotatable bonds is 9. The highest BCUT2D eigenvalue weighted by atomic mass is 19.4. The number of nitrogens with zero attached hydrogens (tertiary/aromatic N) is 3. The highest BCUT2D eigenvalue weighted by Gasteiger charge is 2.31. The summed E-state index contributed by atoms with van der Waals surface area (Å²) in [6.45, 7) is -0.241. The van der Waals surface area contributed by atoms with Crippen molar-refractivity contribution in [2.45, 2.75) is 25.6 Å². The number of aryl methyl sites for hydroxylation is 1. The Bertz CT molecular complexity index is 1120. The van der Waals surface area contributed by atoms with Gasteiger partial charge in [0.2, 0.25) is 23.5 Å². The predicted molar refractivity (Wildman–Crippen MR) is 112 cm³/mol. The summed E-state index contributed by atoms with van der Waals surface area (Å²) in [7, 11) is 1.46. The molecule has 3 aromatic rings. The molecule has 0 radical (unpaired) electrons. The topological polar surface area (TPSA) is 97.6 Å². The van der Waals surface area contributed by atoms with E-state index in [1.807, 2.05) is 0 Å². The van der Waals surface area contributed by atoms with Gasteiger partial charge in [0, 0.05) is 31.1 Å². The molecule has 34 heavy (non-hydrogen) atoms. The zero-order valence-electron chi connectivity index (χ0n) is 17.9. The van der Waals surface area contributed by atoms with E-state index in [9.17, 15) is 27.2 Å². The Hall–Kier alpha value is -3.96. The van der Waals surface area contributed by atoms with Gasteiger partial charge in [0.25, 0.3) is 0 Å². The smallest absolute Gasteiger partial charge is 0.406 e. The van der Waals surface area contributed by atoms with E-state index in [0.717, 1.165) is 12.1 Å². The lowest BCUT2D eigenvalue weighted by Gasteiger charge is -2.17. The summed E-state index contributed by atoms with van der Waals surface area (Å²) in [5.74, 6) is -0.955. The minimum Gasteiger partial charge on any atom is -0.406 e. The fourth-order valence-electron chi connectivity index (χ4n) is 2.90. The summed E-state index contributed by atoms with van der Waals surface area (Å²) in [5.41, 5.74) is 0.856. The number of benzene rings is 2. The molecule has 2 aromatic carbocycles. The van der Waals surface area contributed by atoms with Crippen molar-refractivity contribution in [1.29, 1.82) is 0 Å². The number of carbonyl (C=O) groups is 2. The Morgan fingerprint density at radius 3 is 2.41 bits per heavy atom. The summed E-state index contributed by atoms with van der Waals surface area (Å²) in [5, 5.41) is 6.33. The number of likely N-dealkylation sites (N-methyl/N-ethyl adjacent to an activating group) is 1. The average molecular weight is 480 g/mol.